The molecule has 0 bridgehead atoms. The van der Waals surface area contributed by atoms with E-state index in [1.54, 1.807) is 0 Å². The maximum Gasteiger partial charge on any atom is 0.191 e. The van der Waals surface area contributed by atoms with Crippen LogP contribution >= 0.6 is 0 Å². The highest BCUT2D eigenvalue weighted by atomic mass is 15.5. The van der Waals surface area contributed by atoms with E-state index < -0.39 is 0 Å². The first-order valence-corrected chi connectivity index (χ1v) is 3.93. The third-order valence-corrected chi connectivity index (χ3v) is 1.98. The molecule has 11 heavy (non-hydrogen) atoms. The molecule has 5 nitrogen and oxygen atoms in total. The minimum absolute atomic E-state index is 0.322. The van der Waals surface area contributed by atoms with Crippen LogP contribution in [0.1, 0.15) is 31.1 Å². The fourth-order valence-corrected chi connectivity index (χ4v) is 1.39. The average molecular weight is 153 g/mol. The van der Waals surface area contributed by atoms with E-state index in [1.165, 1.54) is 12.8 Å². The summed E-state index contributed by atoms with van der Waals surface area (Å²) in [4.78, 5) is 0. The molecule has 0 spiro atoms. The van der Waals surface area contributed by atoms with E-state index in [9.17, 15) is 0 Å². The Morgan fingerprint density at radius 1 is 1.36 bits per heavy atom. The summed E-state index contributed by atoms with van der Waals surface area (Å²) in [7, 11) is 0. The second kappa shape index (κ2) is 2.96. The summed E-state index contributed by atoms with van der Waals surface area (Å²) >= 11 is 0. The smallest absolute Gasteiger partial charge is 0.191 e. The maximum absolute atomic E-state index is 3.93. The van der Waals surface area contributed by atoms with E-state index in [4.69, 9.17) is 0 Å². The predicted molar refractivity (Wildman–Crippen MR) is 38.8 cm³/mol. The Labute approximate surface area is 64.6 Å². The molecular weight excluding hydrogens is 142 g/mol. The number of aromatic nitrogens is 4. The second-order valence-electron chi connectivity index (χ2n) is 2.77. The van der Waals surface area contributed by atoms with Crippen molar-refractivity contribution in [2.24, 2.45) is 0 Å². The summed E-state index contributed by atoms with van der Waals surface area (Å²) in [6, 6.07) is 0.322. The largest absolute Gasteiger partial charge is 0.307 e. The molecule has 2 rings (SSSR count). The Kier molecular flexibility index (Phi) is 1.81. The van der Waals surface area contributed by atoms with Gasteiger partial charge in [0.25, 0.3) is 0 Å². The summed E-state index contributed by atoms with van der Waals surface area (Å²) in [6.45, 7) is 1.07. The van der Waals surface area contributed by atoms with Crippen LogP contribution in [-0.2, 0) is 0 Å². The number of piperidine rings is 1. The van der Waals surface area contributed by atoms with Gasteiger partial charge < -0.3 is 5.32 Å². The average Bonchev–Trinajstić information content (AvgIpc) is 2.58. The minimum atomic E-state index is 0.322. The van der Waals surface area contributed by atoms with E-state index in [-0.39, 0.29) is 0 Å². The van der Waals surface area contributed by atoms with E-state index in [1.807, 2.05) is 0 Å². The molecule has 60 valence electrons. The second-order valence-corrected chi connectivity index (χ2v) is 2.77. The van der Waals surface area contributed by atoms with Gasteiger partial charge in [0, 0.05) is 0 Å². The van der Waals surface area contributed by atoms with Gasteiger partial charge in [-0.1, -0.05) is 11.6 Å². The van der Waals surface area contributed by atoms with Gasteiger partial charge in [-0.3, -0.25) is 0 Å². The van der Waals surface area contributed by atoms with Crippen molar-refractivity contribution in [2.45, 2.75) is 25.3 Å². The van der Waals surface area contributed by atoms with Crippen molar-refractivity contribution < 1.29 is 0 Å². The zero-order chi connectivity index (χ0) is 7.52. The van der Waals surface area contributed by atoms with E-state index in [2.05, 4.69) is 25.9 Å². The van der Waals surface area contributed by atoms with Crippen LogP contribution in [-0.4, -0.2) is 27.2 Å². The van der Waals surface area contributed by atoms with Crippen LogP contribution < -0.4 is 5.32 Å². The Balaban J connectivity index is 2.04. The molecule has 0 amide bonds. The lowest BCUT2D eigenvalue weighted by atomic mass is 10.1. The molecule has 0 radical (unpaired) electrons. The van der Waals surface area contributed by atoms with Gasteiger partial charge in [-0.15, -0.1) is 10.2 Å². The van der Waals surface area contributed by atoms with Gasteiger partial charge in [0.1, 0.15) is 0 Å². The quantitative estimate of drug-likeness (QED) is 0.596. The molecule has 1 atom stereocenters. The highest BCUT2D eigenvalue weighted by molar-refractivity contribution is 4.90. The number of hydrogen-bond donors (Lipinski definition) is 2. The van der Waals surface area contributed by atoms with Crippen LogP contribution in [0.25, 0.3) is 0 Å². The maximum atomic E-state index is 3.93. The van der Waals surface area contributed by atoms with Crippen molar-refractivity contribution in [1.82, 2.24) is 25.9 Å². The van der Waals surface area contributed by atoms with Crippen LogP contribution in [0.5, 0.6) is 0 Å². The molecule has 1 saturated heterocycles. The van der Waals surface area contributed by atoms with E-state index in [0.717, 1.165) is 18.8 Å². The van der Waals surface area contributed by atoms with Crippen LogP contribution in [0, 0.1) is 0 Å². The highest BCUT2D eigenvalue weighted by Gasteiger charge is 2.17. The predicted octanol–water partition coefficient (Wildman–Crippen LogP) is 0.0143. The van der Waals surface area contributed by atoms with Gasteiger partial charge in [-0.05, 0) is 19.4 Å². The molecule has 5 heteroatoms. The van der Waals surface area contributed by atoms with E-state index >= 15 is 0 Å². The van der Waals surface area contributed by atoms with Crippen LogP contribution in [0.4, 0.5) is 0 Å². The summed E-state index contributed by atoms with van der Waals surface area (Å²) < 4.78 is 0. The Hall–Kier alpha value is -0.970. The topological polar surface area (TPSA) is 66.5 Å². The van der Waals surface area contributed by atoms with Gasteiger partial charge in [0.05, 0.1) is 6.04 Å². The molecule has 0 aromatic carbocycles. The number of tetrazole rings is 1. The van der Waals surface area contributed by atoms with Crippen molar-refractivity contribution >= 4 is 0 Å². The van der Waals surface area contributed by atoms with Crippen LogP contribution in [0.15, 0.2) is 0 Å². The van der Waals surface area contributed by atoms with Gasteiger partial charge >= 0.3 is 0 Å². The summed E-state index contributed by atoms with van der Waals surface area (Å²) in [5, 5.41) is 17.2. The van der Waals surface area contributed by atoms with Crippen molar-refractivity contribution in [3.8, 4) is 0 Å². The van der Waals surface area contributed by atoms with Crippen LogP contribution in [0.3, 0.4) is 0 Å². The van der Waals surface area contributed by atoms with Crippen molar-refractivity contribution in [3.05, 3.63) is 5.82 Å². The van der Waals surface area contributed by atoms with Gasteiger partial charge in [-0.2, -0.15) is 5.21 Å². The molecule has 1 aliphatic heterocycles. The van der Waals surface area contributed by atoms with Gasteiger partial charge in [-0.25, -0.2) is 0 Å². The molecule has 2 N–H and O–H groups in total. The third-order valence-electron chi connectivity index (χ3n) is 1.98. The van der Waals surface area contributed by atoms with Gasteiger partial charge in [0.2, 0.25) is 0 Å². The van der Waals surface area contributed by atoms with Crippen molar-refractivity contribution in [1.29, 1.82) is 0 Å². The molecule has 2 heterocycles. The first kappa shape index (κ1) is 6.72. The monoisotopic (exact) mass is 153 g/mol. The molecule has 1 aliphatic rings. The molecule has 1 fully saturated rings. The normalized spacial score (nSPS) is 25.3. The molecule has 0 saturated carbocycles. The fourth-order valence-electron chi connectivity index (χ4n) is 1.39. The van der Waals surface area contributed by atoms with E-state index in [0.29, 0.717) is 6.04 Å². The number of nitrogens with zero attached hydrogens (tertiary/aromatic N) is 3. The first-order valence-electron chi connectivity index (χ1n) is 3.93. The number of nitrogens with one attached hydrogen (secondary N) is 2. The molecule has 1 aromatic heterocycles. The first-order chi connectivity index (χ1) is 5.47. The summed E-state index contributed by atoms with van der Waals surface area (Å²) in [6.07, 6.45) is 3.64. The number of aromatic amines is 1. The Morgan fingerprint density at radius 2 is 2.36 bits per heavy atom. The Morgan fingerprint density at radius 3 is 3.00 bits per heavy atom. The highest BCUT2D eigenvalue weighted by Crippen LogP contribution is 2.18. The third kappa shape index (κ3) is 1.37. The summed E-state index contributed by atoms with van der Waals surface area (Å²) in [5.74, 6) is 0.796. The fraction of sp³-hybridized carbons (Fsp3) is 0.833. The Bertz CT molecular complexity index is 201. The lowest BCUT2D eigenvalue weighted by Gasteiger charge is -2.19. The van der Waals surface area contributed by atoms with Crippen molar-refractivity contribution in [3.63, 3.8) is 0 Å². The summed E-state index contributed by atoms with van der Waals surface area (Å²) in [5.41, 5.74) is 0. The zero-order valence-corrected chi connectivity index (χ0v) is 6.25. The number of H-pyrrole nitrogens is 1. The SMILES string of the molecule is C1CC[C@@H](c2nn[nH]n2)NC1. The lowest BCUT2D eigenvalue weighted by molar-refractivity contribution is 0.397. The molecule has 1 aromatic rings. The molecule has 0 unspecified atom stereocenters. The lowest BCUT2D eigenvalue weighted by Crippen LogP contribution is -2.27. The molecule has 0 aliphatic carbocycles. The minimum Gasteiger partial charge on any atom is -0.307 e. The van der Waals surface area contributed by atoms with Crippen molar-refractivity contribution in [2.75, 3.05) is 6.54 Å². The van der Waals surface area contributed by atoms with Crippen LogP contribution in [0.2, 0.25) is 0 Å². The number of rotatable bonds is 1. The standard InChI is InChI=1S/C6H11N5/c1-2-4-7-5(3-1)6-8-10-11-9-6/h5,7H,1-4H2,(H,8,9,10,11)/t5-/m0/s1. The van der Waals surface area contributed by atoms with Gasteiger partial charge in [0.15, 0.2) is 5.82 Å². The zero-order valence-electron chi connectivity index (χ0n) is 6.25. The number of hydrogen-bond acceptors (Lipinski definition) is 4. The molecular formula is C6H11N5.